The summed E-state index contributed by atoms with van der Waals surface area (Å²) in [6.07, 6.45) is 0.521. The topological polar surface area (TPSA) is 35.2 Å². The highest BCUT2D eigenvalue weighted by atomic mass is 79.9. The zero-order chi connectivity index (χ0) is 14.7. The summed E-state index contributed by atoms with van der Waals surface area (Å²) in [5, 5.41) is 1.99. The maximum absolute atomic E-state index is 13.6. The Bertz CT molecular complexity index is 587. The van der Waals surface area contributed by atoms with E-state index < -0.39 is 0 Å². The maximum atomic E-state index is 13.6. The van der Waals surface area contributed by atoms with Gasteiger partial charge in [0.15, 0.2) is 0 Å². The van der Waals surface area contributed by atoms with E-state index in [9.17, 15) is 4.39 Å². The standard InChI is InChI=1S/C15H17BrFNOS/c1-3-13(18)15(14-6-10(16)8-20-14)19-11-5-4-9(2)12(17)7-11/h4-8,13,15H,3,18H2,1-2H3. The lowest BCUT2D eigenvalue weighted by Crippen LogP contribution is -2.30. The molecule has 0 saturated carbocycles. The minimum Gasteiger partial charge on any atom is -0.483 e. The van der Waals surface area contributed by atoms with Crippen LogP contribution >= 0.6 is 27.3 Å². The van der Waals surface area contributed by atoms with E-state index in [1.54, 1.807) is 30.4 Å². The van der Waals surface area contributed by atoms with Crippen molar-refractivity contribution in [2.45, 2.75) is 32.4 Å². The predicted octanol–water partition coefficient (Wildman–Crippen LogP) is 4.82. The molecule has 2 aromatic rings. The van der Waals surface area contributed by atoms with Gasteiger partial charge in [0.05, 0.1) is 0 Å². The Hall–Kier alpha value is -0.910. The molecule has 2 unspecified atom stereocenters. The van der Waals surface area contributed by atoms with Crippen LogP contribution in [0.4, 0.5) is 4.39 Å². The molecule has 0 saturated heterocycles. The van der Waals surface area contributed by atoms with Crippen LogP contribution in [-0.2, 0) is 0 Å². The minimum absolute atomic E-state index is 0.134. The normalized spacial score (nSPS) is 14.1. The molecule has 2 rings (SSSR count). The van der Waals surface area contributed by atoms with E-state index in [0.717, 1.165) is 15.8 Å². The lowest BCUT2D eigenvalue weighted by Gasteiger charge is -2.23. The first-order valence-electron chi connectivity index (χ1n) is 6.43. The molecule has 1 aromatic heterocycles. The number of benzene rings is 1. The number of ether oxygens (including phenoxy) is 1. The Labute approximate surface area is 130 Å². The number of halogens is 2. The maximum Gasteiger partial charge on any atom is 0.148 e. The van der Waals surface area contributed by atoms with Crippen molar-refractivity contribution in [1.29, 1.82) is 0 Å². The lowest BCUT2D eigenvalue weighted by atomic mass is 10.1. The fraction of sp³-hybridized carbons (Fsp3) is 0.333. The Morgan fingerprint density at radius 1 is 1.40 bits per heavy atom. The Balaban J connectivity index is 2.25. The first-order valence-corrected chi connectivity index (χ1v) is 8.11. The number of hydrogen-bond acceptors (Lipinski definition) is 3. The van der Waals surface area contributed by atoms with Crippen molar-refractivity contribution in [2.24, 2.45) is 5.73 Å². The van der Waals surface area contributed by atoms with Gasteiger partial charge in [0.2, 0.25) is 0 Å². The fourth-order valence-corrected chi connectivity index (χ4v) is 3.39. The van der Waals surface area contributed by atoms with Crippen LogP contribution in [0.3, 0.4) is 0 Å². The summed E-state index contributed by atoms with van der Waals surface area (Å²) in [4.78, 5) is 1.03. The van der Waals surface area contributed by atoms with Crippen molar-refractivity contribution in [3.05, 3.63) is 50.4 Å². The molecule has 0 fully saturated rings. The first-order chi connectivity index (χ1) is 9.51. The summed E-state index contributed by atoms with van der Waals surface area (Å²) >= 11 is 5.01. The molecule has 2 atom stereocenters. The summed E-state index contributed by atoms with van der Waals surface area (Å²) in [7, 11) is 0. The highest BCUT2D eigenvalue weighted by Gasteiger charge is 2.22. The third-order valence-corrected chi connectivity index (χ3v) is 4.89. The van der Waals surface area contributed by atoms with E-state index in [1.165, 1.54) is 6.07 Å². The zero-order valence-corrected chi connectivity index (χ0v) is 13.8. The van der Waals surface area contributed by atoms with Crippen molar-refractivity contribution in [2.75, 3.05) is 0 Å². The van der Waals surface area contributed by atoms with Crippen LogP contribution < -0.4 is 10.5 Å². The van der Waals surface area contributed by atoms with Gasteiger partial charge in [-0.15, -0.1) is 11.3 Å². The number of hydrogen-bond donors (Lipinski definition) is 1. The summed E-state index contributed by atoms with van der Waals surface area (Å²) < 4.78 is 20.5. The predicted molar refractivity (Wildman–Crippen MR) is 84.8 cm³/mol. The smallest absolute Gasteiger partial charge is 0.148 e. The van der Waals surface area contributed by atoms with Gasteiger partial charge in [0, 0.05) is 26.8 Å². The summed E-state index contributed by atoms with van der Waals surface area (Å²) in [6, 6.07) is 6.76. The van der Waals surface area contributed by atoms with Crippen molar-refractivity contribution in [3.8, 4) is 5.75 Å². The average molecular weight is 358 g/mol. The Kier molecular flexibility index (Phi) is 5.18. The zero-order valence-electron chi connectivity index (χ0n) is 11.4. The monoisotopic (exact) mass is 357 g/mol. The van der Waals surface area contributed by atoms with Crippen LogP contribution in [0, 0.1) is 12.7 Å². The van der Waals surface area contributed by atoms with Gasteiger partial charge in [-0.3, -0.25) is 0 Å². The summed E-state index contributed by atoms with van der Waals surface area (Å²) in [6.45, 7) is 3.74. The highest BCUT2D eigenvalue weighted by Crippen LogP contribution is 2.32. The average Bonchev–Trinajstić information content (AvgIpc) is 2.85. The SMILES string of the molecule is CCC(N)C(Oc1ccc(C)c(F)c1)c1cc(Br)cs1. The van der Waals surface area contributed by atoms with Crippen LogP contribution in [0.15, 0.2) is 34.1 Å². The van der Waals surface area contributed by atoms with Crippen LogP contribution in [0.5, 0.6) is 5.75 Å². The van der Waals surface area contributed by atoms with E-state index in [0.29, 0.717) is 11.3 Å². The highest BCUT2D eigenvalue weighted by molar-refractivity contribution is 9.10. The molecule has 20 heavy (non-hydrogen) atoms. The third kappa shape index (κ3) is 3.59. The summed E-state index contributed by atoms with van der Waals surface area (Å²) in [5.74, 6) is 0.241. The quantitative estimate of drug-likeness (QED) is 0.832. The Morgan fingerprint density at radius 2 is 2.15 bits per heavy atom. The molecule has 0 spiro atoms. The van der Waals surface area contributed by atoms with E-state index in [2.05, 4.69) is 15.9 Å². The molecular formula is C15H17BrFNOS. The molecule has 0 amide bonds. The van der Waals surface area contributed by atoms with E-state index >= 15 is 0 Å². The summed E-state index contributed by atoms with van der Waals surface area (Å²) in [5.41, 5.74) is 6.75. The molecule has 0 radical (unpaired) electrons. The minimum atomic E-state index is -0.265. The molecule has 2 N–H and O–H groups in total. The van der Waals surface area contributed by atoms with Gasteiger partial charge in [0.25, 0.3) is 0 Å². The molecule has 2 nitrogen and oxygen atoms in total. The second kappa shape index (κ2) is 6.70. The molecule has 0 aliphatic carbocycles. The van der Waals surface area contributed by atoms with Gasteiger partial charge < -0.3 is 10.5 Å². The third-order valence-electron chi connectivity index (χ3n) is 3.13. The number of aryl methyl sites for hydroxylation is 1. The second-order valence-corrected chi connectivity index (χ2v) is 6.55. The number of thiophene rings is 1. The second-order valence-electron chi connectivity index (χ2n) is 4.69. The van der Waals surface area contributed by atoms with E-state index in [-0.39, 0.29) is 18.0 Å². The van der Waals surface area contributed by atoms with Crippen molar-refractivity contribution in [1.82, 2.24) is 0 Å². The van der Waals surface area contributed by atoms with Crippen LogP contribution in [0.1, 0.15) is 29.9 Å². The van der Waals surface area contributed by atoms with Gasteiger partial charge in [0.1, 0.15) is 17.7 Å². The van der Waals surface area contributed by atoms with E-state index in [4.69, 9.17) is 10.5 Å². The molecule has 0 bridgehead atoms. The molecule has 5 heteroatoms. The largest absolute Gasteiger partial charge is 0.483 e. The number of rotatable bonds is 5. The molecule has 1 aromatic carbocycles. The first kappa shape index (κ1) is 15.5. The molecule has 0 aliphatic heterocycles. The van der Waals surface area contributed by atoms with Crippen LogP contribution in [0.2, 0.25) is 0 Å². The Morgan fingerprint density at radius 3 is 2.70 bits per heavy atom. The van der Waals surface area contributed by atoms with Gasteiger partial charge in [-0.2, -0.15) is 0 Å². The van der Waals surface area contributed by atoms with Gasteiger partial charge in [-0.05, 0) is 47.0 Å². The van der Waals surface area contributed by atoms with Crippen molar-refractivity contribution < 1.29 is 9.13 Å². The van der Waals surface area contributed by atoms with Crippen molar-refractivity contribution in [3.63, 3.8) is 0 Å². The van der Waals surface area contributed by atoms with Gasteiger partial charge in [-0.1, -0.05) is 13.0 Å². The molecule has 0 aliphatic rings. The number of nitrogens with two attached hydrogens (primary N) is 1. The van der Waals surface area contributed by atoms with Crippen LogP contribution in [0.25, 0.3) is 0 Å². The van der Waals surface area contributed by atoms with Crippen LogP contribution in [-0.4, -0.2) is 6.04 Å². The fourth-order valence-electron chi connectivity index (χ4n) is 1.84. The van der Waals surface area contributed by atoms with Crippen molar-refractivity contribution >= 4 is 27.3 Å². The molecule has 1 heterocycles. The van der Waals surface area contributed by atoms with Gasteiger partial charge >= 0.3 is 0 Å². The molecular weight excluding hydrogens is 341 g/mol. The van der Waals surface area contributed by atoms with E-state index in [1.807, 2.05) is 18.4 Å². The van der Waals surface area contributed by atoms with Gasteiger partial charge in [-0.25, -0.2) is 4.39 Å². The molecule has 108 valence electrons. The lowest BCUT2D eigenvalue weighted by molar-refractivity contribution is 0.174.